The van der Waals surface area contributed by atoms with Crippen LogP contribution in [0.25, 0.3) is 0 Å². The second-order valence-electron chi connectivity index (χ2n) is 15.5. The Bertz CT molecular complexity index is 996. The molecular weight excluding hydrogens is 448 g/mol. The Balaban J connectivity index is 1.53. The van der Waals surface area contributed by atoms with Crippen molar-refractivity contribution in [2.24, 2.45) is 50.2 Å². The number of ether oxygens (including phenoxy) is 1. The molecule has 0 spiro atoms. The maximum absolute atomic E-state index is 12.3. The minimum Gasteiger partial charge on any atom is -0.481 e. The zero-order chi connectivity index (χ0) is 26.5. The summed E-state index contributed by atoms with van der Waals surface area (Å²) in [6.07, 6.45) is 13.3. The Morgan fingerprint density at radius 3 is 2.19 bits per heavy atom. The van der Waals surface area contributed by atoms with E-state index in [9.17, 15) is 14.7 Å². The lowest BCUT2D eigenvalue weighted by atomic mass is 9.33. The second-order valence-corrected chi connectivity index (χ2v) is 15.5. The molecule has 4 fully saturated rings. The predicted molar refractivity (Wildman–Crippen MR) is 142 cm³/mol. The van der Waals surface area contributed by atoms with E-state index in [1.807, 2.05) is 6.92 Å². The average Bonchev–Trinajstić information content (AvgIpc) is 2.77. The van der Waals surface area contributed by atoms with E-state index in [0.717, 1.165) is 38.5 Å². The standard InChI is InChI=1S/C32H50O4/c1-20(33)36-25-12-13-30(6)23(27(25,2)3)11-14-32(8)24(30)10-9-21-22-19-29(5,26(34)35)16-15-28(22,4)17-18-31(21,32)7/h9,22-25H,10-19H2,1-8H3,(H,34,35)/t22-,23+,24-,25+,28+,29-,30+,31+,32+/m0/s1. The minimum atomic E-state index is -0.614. The lowest BCUT2D eigenvalue weighted by Gasteiger charge is -2.71. The van der Waals surface area contributed by atoms with E-state index < -0.39 is 11.4 Å². The number of carboxylic acid groups (broad SMARTS) is 1. The van der Waals surface area contributed by atoms with Crippen molar-refractivity contribution in [2.45, 2.75) is 126 Å². The van der Waals surface area contributed by atoms with Gasteiger partial charge in [0.1, 0.15) is 6.10 Å². The van der Waals surface area contributed by atoms with E-state index in [1.54, 1.807) is 12.5 Å². The Labute approximate surface area is 219 Å². The van der Waals surface area contributed by atoms with Crippen molar-refractivity contribution >= 4 is 11.9 Å². The molecule has 0 aromatic carbocycles. The summed E-state index contributed by atoms with van der Waals surface area (Å²) in [5.74, 6) is 0.760. The highest BCUT2D eigenvalue weighted by Gasteiger charge is 2.68. The van der Waals surface area contributed by atoms with Crippen LogP contribution in [0.4, 0.5) is 0 Å². The molecule has 0 heterocycles. The SMILES string of the molecule is CC(=O)O[C@@H]1CC[C@]2(C)[C@H](CC[C@]3(C)[C@H]2CC=C2[C@@H]4C[C@@](C)(C(=O)O)CC[C@]4(C)CC[C@]23C)C1(C)C. The molecule has 0 unspecified atom stereocenters. The van der Waals surface area contributed by atoms with Crippen LogP contribution in [-0.2, 0) is 14.3 Å². The summed E-state index contributed by atoms with van der Waals surface area (Å²) >= 11 is 0. The number of esters is 1. The highest BCUT2D eigenvalue weighted by Crippen LogP contribution is 2.75. The molecule has 0 radical (unpaired) electrons. The molecule has 9 atom stereocenters. The summed E-state index contributed by atoms with van der Waals surface area (Å²) in [5, 5.41) is 10.1. The van der Waals surface area contributed by atoms with E-state index in [2.05, 4.69) is 47.6 Å². The van der Waals surface area contributed by atoms with Crippen LogP contribution in [0.5, 0.6) is 0 Å². The van der Waals surface area contributed by atoms with Crippen LogP contribution in [0.2, 0.25) is 0 Å². The van der Waals surface area contributed by atoms with Gasteiger partial charge in [-0.3, -0.25) is 9.59 Å². The maximum Gasteiger partial charge on any atom is 0.309 e. The van der Waals surface area contributed by atoms with Crippen molar-refractivity contribution in [1.29, 1.82) is 0 Å². The number of hydrogen-bond acceptors (Lipinski definition) is 3. The number of carboxylic acids is 1. The van der Waals surface area contributed by atoms with Crippen LogP contribution in [0, 0.1) is 50.2 Å². The van der Waals surface area contributed by atoms with Gasteiger partial charge in [0.2, 0.25) is 0 Å². The Morgan fingerprint density at radius 2 is 1.56 bits per heavy atom. The van der Waals surface area contributed by atoms with Gasteiger partial charge in [0, 0.05) is 12.3 Å². The third-order valence-electron chi connectivity index (χ3n) is 13.6. The molecule has 1 N–H and O–H groups in total. The molecule has 0 aromatic rings. The molecule has 4 nitrogen and oxygen atoms in total. The average molecular weight is 499 g/mol. The number of fused-ring (bicyclic) bond motifs is 7. The van der Waals surface area contributed by atoms with Gasteiger partial charge in [0.25, 0.3) is 0 Å². The van der Waals surface area contributed by atoms with Gasteiger partial charge in [-0.05, 0) is 111 Å². The van der Waals surface area contributed by atoms with Gasteiger partial charge in [0.15, 0.2) is 0 Å². The number of hydrogen-bond donors (Lipinski definition) is 1. The summed E-state index contributed by atoms with van der Waals surface area (Å²) in [7, 11) is 0. The fraction of sp³-hybridized carbons (Fsp3) is 0.875. The van der Waals surface area contributed by atoms with E-state index in [0.29, 0.717) is 17.8 Å². The van der Waals surface area contributed by atoms with E-state index in [-0.39, 0.29) is 39.1 Å². The van der Waals surface area contributed by atoms with Gasteiger partial charge in [-0.2, -0.15) is 0 Å². The number of aliphatic carboxylic acids is 1. The zero-order valence-corrected chi connectivity index (χ0v) is 24.1. The molecule has 0 aromatic heterocycles. The molecule has 0 bridgehead atoms. The first-order valence-corrected chi connectivity index (χ1v) is 14.6. The smallest absolute Gasteiger partial charge is 0.309 e. The van der Waals surface area contributed by atoms with Crippen LogP contribution in [0.1, 0.15) is 120 Å². The number of carbonyl (C=O) groups excluding carboxylic acids is 1. The summed E-state index contributed by atoms with van der Waals surface area (Å²) in [6.45, 7) is 18.4. The highest BCUT2D eigenvalue weighted by atomic mass is 16.5. The molecule has 0 saturated heterocycles. The second kappa shape index (κ2) is 7.85. The Kier molecular flexibility index (Phi) is 5.74. The van der Waals surface area contributed by atoms with Crippen molar-refractivity contribution in [2.75, 3.05) is 0 Å². The van der Waals surface area contributed by atoms with Gasteiger partial charge in [-0.1, -0.05) is 53.2 Å². The fourth-order valence-electron chi connectivity index (χ4n) is 10.9. The van der Waals surface area contributed by atoms with E-state index >= 15 is 0 Å². The summed E-state index contributed by atoms with van der Waals surface area (Å²) in [4.78, 5) is 24.2. The minimum absolute atomic E-state index is 0.00837. The molecule has 202 valence electrons. The highest BCUT2D eigenvalue weighted by molar-refractivity contribution is 5.74. The largest absolute Gasteiger partial charge is 0.481 e. The van der Waals surface area contributed by atoms with Gasteiger partial charge in [0.05, 0.1) is 5.41 Å². The monoisotopic (exact) mass is 498 g/mol. The first kappa shape index (κ1) is 26.3. The van der Waals surface area contributed by atoms with E-state index in [4.69, 9.17) is 4.74 Å². The van der Waals surface area contributed by atoms with E-state index in [1.165, 1.54) is 25.7 Å². The first-order valence-electron chi connectivity index (χ1n) is 14.6. The van der Waals surface area contributed by atoms with Gasteiger partial charge in [-0.15, -0.1) is 0 Å². The fourth-order valence-corrected chi connectivity index (χ4v) is 10.9. The summed E-state index contributed by atoms with van der Waals surface area (Å²) in [6, 6.07) is 0. The topological polar surface area (TPSA) is 63.6 Å². The van der Waals surface area contributed by atoms with Crippen LogP contribution in [0.15, 0.2) is 11.6 Å². The van der Waals surface area contributed by atoms with Gasteiger partial charge < -0.3 is 9.84 Å². The zero-order valence-electron chi connectivity index (χ0n) is 24.1. The van der Waals surface area contributed by atoms with Crippen molar-refractivity contribution < 1.29 is 19.4 Å². The van der Waals surface area contributed by atoms with Crippen LogP contribution in [-0.4, -0.2) is 23.1 Å². The predicted octanol–water partition coefficient (Wildman–Crippen LogP) is 7.80. The third kappa shape index (κ3) is 3.30. The summed E-state index contributed by atoms with van der Waals surface area (Å²) in [5.41, 5.74) is 1.77. The van der Waals surface area contributed by atoms with Crippen LogP contribution >= 0.6 is 0 Å². The summed E-state index contributed by atoms with van der Waals surface area (Å²) < 4.78 is 5.88. The third-order valence-corrected chi connectivity index (χ3v) is 13.6. The molecule has 4 heteroatoms. The molecule has 5 aliphatic rings. The van der Waals surface area contributed by atoms with Crippen LogP contribution < -0.4 is 0 Å². The number of carbonyl (C=O) groups is 2. The van der Waals surface area contributed by atoms with Crippen molar-refractivity contribution in [3.8, 4) is 0 Å². The number of rotatable bonds is 2. The van der Waals surface area contributed by atoms with Gasteiger partial charge in [-0.25, -0.2) is 0 Å². The van der Waals surface area contributed by atoms with Crippen LogP contribution in [0.3, 0.4) is 0 Å². The molecule has 5 rings (SSSR count). The van der Waals surface area contributed by atoms with Crippen molar-refractivity contribution in [3.63, 3.8) is 0 Å². The first-order chi connectivity index (χ1) is 16.5. The number of allylic oxidation sites excluding steroid dienone is 2. The normalized spacial score (nSPS) is 51.5. The molecule has 0 aliphatic heterocycles. The van der Waals surface area contributed by atoms with Crippen molar-refractivity contribution in [1.82, 2.24) is 0 Å². The molecule has 36 heavy (non-hydrogen) atoms. The van der Waals surface area contributed by atoms with Crippen molar-refractivity contribution in [3.05, 3.63) is 11.6 Å². The quantitative estimate of drug-likeness (QED) is 0.311. The molecular formula is C32H50O4. The molecule has 0 amide bonds. The molecule has 4 saturated carbocycles. The Hall–Kier alpha value is -1.32. The Morgan fingerprint density at radius 1 is 0.889 bits per heavy atom. The maximum atomic E-state index is 12.3. The lowest BCUT2D eigenvalue weighted by Crippen LogP contribution is -2.64. The molecule has 5 aliphatic carbocycles. The van der Waals surface area contributed by atoms with Gasteiger partial charge >= 0.3 is 11.9 Å². The lowest BCUT2D eigenvalue weighted by molar-refractivity contribution is -0.212.